The van der Waals surface area contributed by atoms with Crippen LogP contribution in [-0.4, -0.2) is 31.1 Å². The fourth-order valence-electron chi connectivity index (χ4n) is 1.86. The predicted octanol–water partition coefficient (Wildman–Crippen LogP) is 2.36. The molecule has 3 heterocycles. The highest BCUT2D eigenvalue weighted by atomic mass is 32.1. The lowest BCUT2D eigenvalue weighted by molar-refractivity contribution is 0.102. The summed E-state index contributed by atoms with van der Waals surface area (Å²) in [5.74, 6) is -0.197. The van der Waals surface area contributed by atoms with Gasteiger partial charge in [-0.2, -0.15) is 4.68 Å². The van der Waals surface area contributed by atoms with Crippen LogP contribution in [0.1, 0.15) is 26.5 Å². The second-order valence-corrected chi connectivity index (χ2v) is 6.53. The molecule has 3 rings (SSSR count). The summed E-state index contributed by atoms with van der Waals surface area (Å²) < 4.78 is 1.51. The molecule has 0 unspecified atom stereocenters. The van der Waals surface area contributed by atoms with Crippen molar-refractivity contribution in [3.05, 3.63) is 33.4 Å². The van der Waals surface area contributed by atoms with Gasteiger partial charge in [-0.1, -0.05) is 0 Å². The van der Waals surface area contributed by atoms with Crippen molar-refractivity contribution >= 4 is 33.7 Å². The molecule has 1 amide bonds. The van der Waals surface area contributed by atoms with Gasteiger partial charge in [0.25, 0.3) is 5.91 Å². The van der Waals surface area contributed by atoms with Gasteiger partial charge in [-0.3, -0.25) is 10.1 Å². The number of thiazole rings is 1. The molecule has 0 bridgehead atoms. The Morgan fingerprint density at radius 3 is 2.76 bits per heavy atom. The van der Waals surface area contributed by atoms with Gasteiger partial charge in [0.1, 0.15) is 11.3 Å². The van der Waals surface area contributed by atoms with E-state index in [4.69, 9.17) is 0 Å². The SMILES string of the molecule is Cc1csc(NC(=O)c2c(-n3cnnn3)sc(C)c2C)n1. The molecular weight excluding hydrogens is 308 g/mol. The number of anilines is 1. The van der Waals surface area contributed by atoms with Gasteiger partial charge in [-0.05, 0) is 36.8 Å². The van der Waals surface area contributed by atoms with E-state index in [1.54, 1.807) is 0 Å². The zero-order valence-corrected chi connectivity index (χ0v) is 13.2. The van der Waals surface area contributed by atoms with Crippen molar-refractivity contribution in [2.24, 2.45) is 0 Å². The fraction of sp³-hybridized carbons (Fsp3) is 0.250. The van der Waals surface area contributed by atoms with Crippen molar-refractivity contribution in [2.45, 2.75) is 20.8 Å². The molecule has 3 aromatic rings. The first kappa shape index (κ1) is 13.8. The van der Waals surface area contributed by atoms with Crippen LogP contribution in [0.25, 0.3) is 5.00 Å². The molecule has 108 valence electrons. The number of nitrogens with one attached hydrogen (secondary N) is 1. The Hall–Kier alpha value is -2.13. The Bertz CT molecular complexity index is 789. The third-order valence-electron chi connectivity index (χ3n) is 2.99. The summed E-state index contributed by atoms with van der Waals surface area (Å²) in [6, 6.07) is 0. The summed E-state index contributed by atoms with van der Waals surface area (Å²) >= 11 is 2.89. The normalized spacial score (nSPS) is 10.8. The zero-order valence-electron chi connectivity index (χ0n) is 11.6. The van der Waals surface area contributed by atoms with E-state index in [1.165, 1.54) is 33.7 Å². The van der Waals surface area contributed by atoms with Crippen LogP contribution in [-0.2, 0) is 0 Å². The smallest absolute Gasteiger partial charge is 0.260 e. The van der Waals surface area contributed by atoms with Crippen molar-refractivity contribution in [3.8, 4) is 5.00 Å². The number of aryl methyl sites for hydroxylation is 2. The minimum atomic E-state index is -0.197. The number of nitrogens with zero attached hydrogens (tertiary/aromatic N) is 5. The summed E-state index contributed by atoms with van der Waals surface area (Å²) in [5.41, 5.74) is 2.39. The number of amides is 1. The second kappa shape index (κ2) is 5.34. The molecule has 0 aliphatic heterocycles. The van der Waals surface area contributed by atoms with Gasteiger partial charge in [-0.25, -0.2) is 4.98 Å². The Morgan fingerprint density at radius 2 is 2.14 bits per heavy atom. The average Bonchev–Trinajstić information content (AvgIpc) is 3.13. The van der Waals surface area contributed by atoms with Crippen molar-refractivity contribution in [2.75, 3.05) is 5.32 Å². The number of aromatic nitrogens is 5. The molecule has 3 aromatic heterocycles. The highest BCUT2D eigenvalue weighted by Crippen LogP contribution is 2.31. The van der Waals surface area contributed by atoms with Gasteiger partial charge in [0, 0.05) is 10.3 Å². The molecule has 0 spiro atoms. The first-order valence-electron chi connectivity index (χ1n) is 6.13. The molecule has 9 heteroatoms. The standard InChI is InChI=1S/C12H12N6OS2/c1-6-4-20-12(14-6)15-10(19)9-7(2)8(3)21-11(9)18-5-13-16-17-18/h4-5H,1-3H3,(H,14,15,19). The van der Waals surface area contributed by atoms with E-state index in [1.807, 2.05) is 26.2 Å². The van der Waals surface area contributed by atoms with Gasteiger partial charge in [0.15, 0.2) is 5.13 Å². The van der Waals surface area contributed by atoms with E-state index in [-0.39, 0.29) is 5.91 Å². The van der Waals surface area contributed by atoms with Crippen LogP contribution < -0.4 is 5.32 Å². The summed E-state index contributed by atoms with van der Waals surface area (Å²) in [6.45, 7) is 5.78. The summed E-state index contributed by atoms with van der Waals surface area (Å²) in [4.78, 5) is 17.9. The quantitative estimate of drug-likeness (QED) is 0.800. The van der Waals surface area contributed by atoms with E-state index in [0.29, 0.717) is 15.7 Å². The Balaban J connectivity index is 1.99. The summed E-state index contributed by atoms with van der Waals surface area (Å²) in [5, 5.41) is 17.1. The second-order valence-electron chi connectivity index (χ2n) is 4.47. The molecule has 0 atom stereocenters. The Kier molecular flexibility index (Phi) is 3.52. The van der Waals surface area contributed by atoms with Crippen molar-refractivity contribution < 1.29 is 4.79 Å². The molecule has 0 radical (unpaired) electrons. The molecule has 0 fully saturated rings. The highest BCUT2D eigenvalue weighted by molar-refractivity contribution is 7.15. The average molecular weight is 320 g/mol. The molecule has 0 aliphatic carbocycles. The molecule has 21 heavy (non-hydrogen) atoms. The topological polar surface area (TPSA) is 85.6 Å². The minimum Gasteiger partial charge on any atom is -0.298 e. The lowest BCUT2D eigenvalue weighted by atomic mass is 10.1. The minimum absolute atomic E-state index is 0.197. The van der Waals surface area contributed by atoms with Crippen molar-refractivity contribution in [1.82, 2.24) is 25.2 Å². The lowest BCUT2D eigenvalue weighted by Crippen LogP contribution is -2.15. The van der Waals surface area contributed by atoms with Gasteiger partial charge in [-0.15, -0.1) is 27.8 Å². The maximum absolute atomic E-state index is 12.6. The Labute approximate surface area is 128 Å². The molecule has 0 saturated heterocycles. The van der Waals surface area contributed by atoms with Crippen LogP contribution in [0.5, 0.6) is 0 Å². The van der Waals surface area contributed by atoms with E-state index in [2.05, 4.69) is 25.8 Å². The number of hydrogen-bond donors (Lipinski definition) is 1. The van der Waals surface area contributed by atoms with Crippen LogP contribution >= 0.6 is 22.7 Å². The van der Waals surface area contributed by atoms with Gasteiger partial charge < -0.3 is 0 Å². The maximum atomic E-state index is 12.6. The highest BCUT2D eigenvalue weighted by Gasteiger charge is 2.22. The fourth-order valence-corrected chi connectivity index (χ4v) is 3.62. The number of thiophene rings is 1. The number of carbonyl (C=O) groups excluding carboxylic acids is 1. The predicted molar refractivity (Wildman–Crippen MR) is 81.3 cm³/mol. The van der Waals surface area contributed by atoms with E-state index in [9.17, 15) is 4.79 Å². The molecule has 0 aliphatic rings. The monoisotopic (exact) mass is 320 g/mol. The summed E-state index contributed by atoms with van der Waals surface area (Å²) in [6.07, 6.45) is 1.48. The van der Waals surface area contributed by atoms with Crippen LogP contribution in [0.3, 0.4) is 0 Å². The van der Waals surface area contributed by atoms with E-state index < -0.39 is 0 Å². The van der Waals surface area contributed by atoms with Crippen LogP contribution in [0.4, 0.5) is 5.13 Å². The van der Waals surface area contributed by atoms with Crippen LogP contribution in [0.15, 0.2) is 11.7 Å². The van der Waals surface area contributed by atoms with E-state index >= 15 is 0 Å². The first-order valence-corrected chi connectivity index (χ1v) is 7.82. The summed E-state index contributed by atoms with van der Waals surface area (Å²) in [7, 11) is 0. The molecular formula is C12H12N6OS2. The van der Waals surface area contributed by atoms with Crippen molar-refractivity contribution in [3.63, 3.8) is 0 Å². The van der Waals surface area contributed by atoms with Crippen LogP contribution in [0, 0.1) is 20.8 Å². The zero-order chi connectivity index (χ0) is 15.0. The largest absolute Gasteiger partial charge is 0.298 e. The number of tetrazole rings is 1. The molecule has 1 N–H and O–H groups in total. The van der Waals surface area contributed by atoms with Crippen LogP contribution in [0.2, 0.25) is 0 Å². The number of carbonyl (C=O) groups is 1. The van der Waals surface area contributed by atoms with E-state index in [0.717, 1.165) is 16.1 Å². The Morgan fingerprint density at radius 1 is 1.33 bits per heavy atom. The molecule has 7 nitrogen and oxygen atoms in total. The number of rotatable bonds is 3. The van der Waals surface area contributed by atoms with Gasteiger partial charge in [0.2, 0.25) is 0 Å². The van der Waals surface area contributed by atoms with Crippen molar-refractivity contribution in [1.29, 1.82) is 0 Å². The van der Waals surface area contributed by atoms with Gasteiger partial charge >= 0.3 is 0 Å². The first-order chi connectivity index (χ1) is 10.1. The maximum Gasteiger partial charge on any atom is 0.260 e. The number of hydrogen-bond acceptors (Lipinski definition) is 7. The third kappa shape index (κ3) is 2.57. The molecule has 0 aromatic carbocycles. The lowest BCUT2D eigenvalue weighted by Gasteiger charge is -2.04. The van der Waals surface area contributed by atoms with Gasteiger partial charge in [0.05, 0.1) is 11.3 Å². The third-order valence-corrected chi connectivity index (χ3v) is 5.06. The molecule has 0 saturated carbocycles.